The summed E-state index contributed by atoms with van der Waals surface area (Å²) in [6, 6.07) is 7.79. The van der Waals surface area contributed by atoms with Crippen LogP contribution in [0.25, 0.3) is 0 Å². The number of aromatic nitrogens is 2. The second kappa shape index (κ2) is 12.5. The number of esters is 1. The first kappa shape index (κ1) is 25.7. The maximum atomic E-state index is 12.4. The molecule has 35 heavy (non-hydrogen) atoms. The summed E-state index contributed by atoms with van der Waals surface area (Å²) in [4.78, 5) is 35.6. The van der Waals surface area contributed by atoms with E-state index in [9.17, 15) is 14.9 Å². The summed E-state index contributed by atoms with van der Waals surface area (Å²) in [5.74, 6) is -0.948. The average Bonchev–Trinajstić information content (AvgIpc) is 3.31. The van der Waals surface area contributed by atoms with Gasteiger partial charge in [0.15, 0.2) is 0 Å². The zero-order valence-corrected chi connectivity index (χ0v) is 20.2. The van der Waals surface area contributed by atoms with Crippen LogP contribution in [-0.4, -0.2) is 52.1 Å². The van der Waals surface area contributed by atoms with Gasteiger partial charge in [0, 0.05) is 19.6 Å². The van der Waals surface area contributed by atoms with Crippen LogP contribution in [0.1, 0.15) is 44.2 Å². The molecule has 0 spiro atoms. The molecule has 11 nitrogen and oxygen atoms in total. The summed E-state index contributed by atoms with van der Waals surface area (Å²) in [5.41, 5.74) is 7.40. The number of benzene rings is 1. The molecule has 0 aliphatic carbocycles. The summed E-state index contributed by atoms with van der Waals surface area (Å²) in [5, 5.41) is 11.9. The smallest absolute Gasteiger partial charge is 0.353 e. The Morgan fingerprint density at radius 1 is 1.29 bits per heavy atom. The predicted octanol–water partition coefficient (Wildman–Crippen LogP) is 3.44. The van der Waals surface area contributed by atoms with Crippen LogP contribution in [0.3, 0.4) is 0 Å². The second-order valence-corrected chi connectivity index (χ2v) is 8.15. The monoisotopic (exact) mass is 484 g/mol. The molecule has 3 rings (SSSR count). The normalized spacial score (nSPS) is 12.6. The molecular weight excluding hydrogens is 452 g/mol. The number of hydrogen-bond donors (Lipinski definition) is 1. The highest BCUT2D eigenvalue weighted by Crippen LogP contribution is 2.33. The van der Waals surface area contributed by atoms with Crippen molar-refractivity contribution in [2.24, 2.45) is 0 Å². The highest BCUT2D eigenvalue weighted by atomic mass is 16.6. The molecule has 2 aromatic rings. The first-order valence-electron chi connectivity index (χ1n) is 11.7. The molecule has 0 bridgehead atoms. The minimum atomic E-state index is -0.644. The zero-order chi connectivity index (χ0) is 25.2. The van der Waals surface area contributed by atoms with E-state index < -0.39 is 16.6 Å². The number of ether oxygens (including phenoxy) is 2. The van der Waals surface area contributed by atoms with Crippen molar-refractivity contribution in [1.29, 1.82) is 0 Å². The van der Waals surface area contributed by atoms with Crippen LogP contribution < -0.4 is 15.4 Å². The lowest BCUT2D eigenvalue weighted by Gasteiger charge is -2.24. The highest BCUT2D eigenvalue weighted by molar-refractivity contribution is 5.78. The minimum absolute atomic E-state index is 0.0695. The number of carbonyl (C=O) groups excluding carboxylic acids is 1. The third-order valence-electron chi connectivity index (χ3n) is 5.36. The van der Waals surface area contributed by atoms with Crippen LogP contribution in [-0.2, 0) is 22.6 Å². The predicted molar refractivity (Wildman–Crippen MR) is 132 cm³/mol. The minimum Gasteiger partial charge on any atom is -0.465 e. The van der Waals surface area contributed by atoms with Crippen LogP contribution in [0.5, 0.6) is 6.01 Å². The second-order valence-electron chi connectivity index (χ2n) is 8.15. The summed E-state index contributed by atoms with van der Waals surface area (Å²) >= 11 is 0. The Labute approximate surface area is 204 Å². The van der Waals surface area contributed by atoms with Gasteiger partial charge >= 0.3 is 17.7 Å². The van der Waals surface area contributed by atoms with E-state index in [0.29, 0.717) is 6.61 Å². The molecule has 0 unspecified atom stereocenters. The number of nitrogen functional groups attached to an aromatic ring is 1. The number of rotatable bonds is 13. The molecule has 1 aliphatic rings. The fourth-order valence-corrected chi connectivity index (χ4v) is 3.73. The van der Waals surface area contributed by atoms with E-state index in [2.05, 4.69) is 27.1 Å². The van der Waals surface area contributed by atoms with Crippen LogP contribution in [0.15, 0.2) is 36.5 Å². The Bertz CT molecular complexity index is 1060. The van der Waals surface area contributed by atoms with Crippen molar-refractivity contribution in [3.05, 3.63) is 57.8 Å². The van der Waals surface area contributed by atoms with Crippen LogP contribution >= 0.6 is 0 Å². The van der Waals surface area contributed by atoms with Crippen LogP contribution in [0.4, 0.5) is 17.3 Å². The van der Waals surface area contributed by atoms with Gasteiger partial charge in [0.25, 0.3) is 0 Å². The van der Waals surface area contributed by atoms with Gasteiger partial charge in [0.1, 0.15) is 6.54 Å². The molecule has 0 saturated carbocycles. The van der Waals surface area contributed by atoms with Gasteiger partial charge in [0.2, 0.25) is 11.6 Å². The third kappa shape index (κ3) is 7.29. The molecule has 1 aliphatic heterocycles. The number of hydrogen-bond acceptors (Lipinski definition) is 10. The van der Waals surface area contributed by atoms with Gasteiger partial charge in [-0.25, -0.2) is 0 Å². The van der Waals surface area contributed by atoms with Gasteiger partial charge in [-0.05, 0) is 37.1 Å². The van der Waals surface area contributed by atoms with Crippen molar-refractivity contribution in [3.63, 3.8) is 0 Å². The van der Waals surface area contributed by atoms with Gasteiger partial charge < -0.3 is 25.0 Å². The topological polar surface area (TPSA) is 137 Å². The Morgan fingerprint density at radius 3 is 2.77 bits per heavy atom. The van der Waals surface area contributed by atoms with Crippen LogP contribution in [0, 0.1) is 10.1 Å². The van der Waals surface area contributed by atoms with Gasteiger partial charge in [-0.1, -0.05) is 43.7 Å². The highest BCUT2D eigenvalue weighted by Gasteiger charge is 2.29. The molecule has 0 saturated heterocycles. The molecule has 2 heterocycles. The molecule has 11 heteroatoms. The van der Waals surface area contributed by atoms with E-state index in [1.165, 1.54) is 4.90 Å². The van der Waals surface area contributed by atoms with Crippen molar-refractivity contribution in [2.45, 2.75) is 46.2 Å². The standard InChI is InChI=1S/C24H32N6O5/c1-3-5-13-35-24-26-22(25)21(30(32)33)23(27-24)29(17-20(31)34-4-2)16-19-10-8-9-18(14-19)15-28-11-6-7-12-28/h6,8-11,14H,3-5,7,12-13,15-17H2,1-2H3,(H2,25,26,27). The number of carbonyl (C=O) groups is 1. The van der Waals surface area contributed by atoms with Crippen molar-refractivity contribution in [1.82, 2.24) is 14.9 Å². The fourth-order valence-electron chi connectivity index (χ4n) is 3.73. The van der Waals surface area contributed by atoms with Crippen molar-refractivity contribution in [2.75, 3.05) is 36.9 Å². The van der Waals surface area contributed by atoms with E-state index >= 15 is 0 Å². The number of anilines is 2. The van der Waals surface area contributed by atoms with Gasteiger partial charge in [-0.2, -0.15) is 9.97 Å². The van der Waals surface area contributed by atoms with E-state index in [-0.39, 0.29) is 37.3 Å². The number of nitrogens with zero attached hydrogens (tertiary/aromatic N) is 5. The molecule has 188 valence electrons. The number of unbranched alkanes of at least 4 members (excludes halogenated alkanes) is 1. The molecule has 1 aromatic carbocycles. The Kier molecular flexibility index (Phi) is 9.22. The van der Waals surface area contributed by atoms with Gasteiger partial charge in [-0.15, -0.1) is 0 Å². The Balaban J connectivity index is 1.95. The zero-order valence-electron chi connectivity index (χ0n) is 20.2. The van der Waals surface area contributed by atoms with E-state index in [1.807, 2.05) is 31.2 Å². The first-order chi connectivity index (χ1) is 16.9. The summed E-state index contributed by atoms with van der Waals surface area (Å²) < 4.78 is 10.7. The lowest BCUT2D eigenvalue weighted by molar-refractivity contribution is -0.383. The van der Waals surface area contributed by atoms with E-state index in [1.54, 1.807) is 6.92 Å². The quantitative estimate of drug-likeness (QED) is 0.195. The summed E-state index contributed by atoms with van der Waals surface area (Å²) in [6.07, 6.45) is 6.89. The molecule has 2 N–H and O–H groups in total. The number of nitrogens with two attached hydrogens (primary N) is 1. The molecular formula is C24H32N6O5. The number of nitro groups is 1. The lowest BCUT2D eigenvalue weighted by atomic mass is 10.1. The van der Waals surface area contributed by atoms with E-state index in [4.69, 9.17) is 15.2 Å². The average molecular weight is 485 g/mol. The molecule has 1 aromatic heterocycles. The largest absolute Gasteiger partial charge is 0.465 e. The summed E-state index contributed by atoms with van der Waals surface area (Å²) in [6.45, 7) is 5.87. The molecule has 0 amide bonds. The fraction of sp³-hybridized carbons (Fsp3) is 0.458. The van der Waals surface area contributed by atoms with Crippen LogP contribution in [0.2, 0.25) is 0 Å². The molecule has 0 atom stereocenters. The van der Waals surface area contributed by atoms with Crippen molar-refractivity contribution < 1.29 is 19.2 Å². The van der Waals surface area contributed by atoms with Crippen molar-refractivity contribution >= 4 is 23.3 Å². The third-order valence-corrected chi connectivity index (χ3v) is 5.36. The van der Waals surface area contributed by atoms with Gasteiger partial charge in [-0.3, -0.25) is 14.9 Å². The lowest BCUT2D eigenvalue weighted by Crippen LogP contribution is -2.32. The van der Waals surface area contributed by atoms with Crippen molar-refractivity contribution in [3.8, 4) is 6.01 Å². The SMILES string of the molecule is CCCCOc1nc(N)c([N+](=O)[O-])c(N(CC(=O)OCC)Cc2cccc(CN3C=CCC3)c2)n1. The van der Waals surface area contributed by atoms with E-state index in [0.717, 1.165) is 43.5 Å². The maximum Gasteiger partial charge on any atom is 0.353 e. The molecule has 0 radical (unpaired) electrons. The summed E-state index contributed by atoms with van der Waals surface area (Å²) in [7, 11) is 0. The molecule has 0 fully saturated rings. The maximum absolute atomic E-state index is 12.4. The Hall–Kier alpha value is -3.89. The Morgan fingerprint density at radius 2 is 2.09 bits per heavy atom. The van der Waals surface area contributed by atoms with Gasteiger partial charge in [0.05, 0.1) is 18.1 Å². The first-order valence-corrected chi connectivity index (χ1v) is 11.7.